The third-order valence-corrected chi connectivity index (χ3v) is 32.4. The summed E-state index contributed by atoms with van der Waals surface area (Å²) >= 11 is 0. The van der Waals surface area contributed by atoms with Crippen molar-refractivity contribution < 1.29 is 30.5 Å². The number of aromatic nitrogens is 6. The zero-order valence-corrected chi connectivity index (χ0v) is 76.8. The van der Waals surface area contributed by atoms with Gasteiger partial charge in [0.15, 0.2) is 0 Å². The van der Waals surface area contributed by atoms with E-state index in [-0.39, 0.29) is 7.92 Å². The maximum atomic E-state index is 12.6. The molecule has 0 spiro atoms. The lowest BCUT2D eigenvalue weighted by atomic mass is 9.97. The van der Waals surface area contributed by atoms with Crippen LogP contribution in [0.5, 0.6) is 11.6 Å². The van der Waals surface area contributed by atoms with E-state index < -0.39 is 21.5 Å². The Morgan fingerprint density at radius 1 is 0.331 bits per heavy atom. The van der Waals surface area contributed by atoms with Gasteiger partial charge in [0.1, 0.15) is 11.6 Å². The highest BCUT2D eigenvalue weighted by Gasteiger charge is 2.49. The van der Waals surface area contributed by atoms with Crippen molar-refractivity contribution in [2.45, 2.75) is 88.0 Å². The highest BCUT2D eigenvalue weighted by Crippen LogP contribution is 2.57. The van der Waals surface area contributed by atoms with Gasteiger partial charge in [0.2, 0.25) is 5.88 Å². The van der Waals surface area contributed by atoms with Crippen LogP contribution in [0.25, 0.3) is 203 Å². The van der Waals surface area contributed by atoms with Crippen molar-refractivity contribution in [1.82, 2.24) is 28.7 Å². The number of pyridine rings is 2. The molecule has 6 heterocycles. The molecule has 2 aliphatic carbocycles. The Bertz CT molecular complexity index is 8810. The Kier molecular flexibility index (Phi) is 22.3. The highest BCUT2D eigenvalue weighted by atomic mass is 32.2. The van der Waals surface area contributed by atoms with Crippen molar-refractivity contribution in [3.8, 4) is 62.2 Å². The number of methoxy groups -OCH3 is 1. The number of ether oxygens (including phenoxy) is 1. The van der Waals surface area contributed by atoms with Crippen LogP contribution < -0.4 is 14.2 Å². The summed E-state index contributed by atoms with van der Waals surface area (Å²) in [6.07, 6.45) is 14.4. The molecule has 0 radical (unpaired) electrons. The zero-order chi connectivity index (χ0) is 91.7. The predicted molar refractivity (Wildman–Crippen MR) is 562 cm³/mol. The Morgan fingerprint density at radius 2 is 0.699 bits per heavy atom. The lowest BCUT2D eigenvalue weighted by Crippen LogP contribution is -2.28. The van der Waals surface area contributed by atoms with Gasteiger partial charge in [-0.3, -0.25) is 4.57 Å². The van der Waals surface area contributed by atoms with Crippen LogP contribution in [0.3, 0.4) is 0 Å². The van der Waals surface area contributed by atoms with E-state index in [4.69, 9.17) is 9.72 Å². The number of halogens is 3. The fourth-order valence-corrected chi connectivity index (χ4v) is 26.1. The second-order valence-corrected chi connectivity index (χ2v) is 40.1. The van der Waals surface area contributed by atoms with Gasteiger partial charge >= 0.3 is 15.6 Å². The Morgan fingerprint density at radius 3 is 1.18 bits per heavy atom. The van der Waals surface area contributed by atoms with E-state index in [0.717, 1.165) is 61.7 Å². The molecule has 10 nitrogen and oxygen atoms in total. The number of nitrogens with zero attached hydrogens (tertiary/aromatic N) is 5. The van der Waals surface area contributed by atoms with Crippen molar-refractivity contribution in [3.63, 3.8) is 0 Å². The minimum atomic E-state index is -5.78. The molecule has 2 fully saturated rings. The van der Waals surface area contributed by atoms with Crippen LogP contribution >= 0.6 is 7.92 Å². The maximum absolute atomic E-state index is 12.6. The van der Waals surface area contributed by atoms with Crippen molar-refractivity contribution in [3.05, 3.63) is 400 Å². The molecule has 18 aromatic carbocycles. The van der Waals surface area contributed by atoms with Gasteiger partial charge in [0.25, 0.3) is 0 Å². The molecule has 0 unspecified atom stereocenters. The first-order valence-corrected chi connectivity index (χ1v) is 49.8. The Hall–Kier alpha value is -15.2. The lowest BCUT2D eigenvalue weighted by Gasteiger charge is -2.39. The molecule has 136 heavy (non-hydrogen) atoms. The fraction of sp³-hybridized carbons (Fsp3) is 0.124. The molecular formula is C121H94F3N6O4PS. The number of hydrogen-bond donors (Lipinski definition) is 1. The molecule has 0 atom stereocenters. The number of aryl methyl sites for hydroxylation is 1. The third kappa shape index (κ3) is 15.3. The normalized spacial score (nSPS) is 13.5. The topological polar surface area (TPSA) is 109 Å². The molecule has 2 aliphatic rings. The summed E-state index contributed by atoms with van der Waals surface area (Å²) in [7, 11) is -4.09. The van der Waals surface area contributed by atoms with E-state index in [1.165, 1.54) is 224 Å². The molecule has 664 valence electrons. The number of benzene rings is 18. The molecule has 1 N–H and O–H groups in total. The Balaban J connectivity index is 0.000000106. The van der Waals surface area contributed by atoms with Gasteiger partial charge in [-0.2, -0.15) is 21.6 Å². The summed E-state index contributed by atoms with van der Waals surface area (Å²) in [5.41, 5.74) is 18.6. The summed E-state index contributed by atoms with van der Waals surface area (Å²) in [5, 5.41) is 21.8. The average molecular weight is 1820 g/mol. The van der Waals surface area contributed by atoms with Crippen LogP contribution in [0.15, 0.2) is 394 Å². The minimum Gasteiger partial charge on any atom is -0.496 e. The number of para-hydroxylation sites is 6. The number of fused-ring (bicyclic) bond motifs is 24. The van der Waals surface area contributed by atoms with Crippen LogP contribution in [-0.2, 0) is 10.1 Å². The summed E-state index contributed by atoms with van der Waals surface area (Å²) in [4.78, 5) is 13.0. The van der Waals surface area contributed by atoms with Crippen LogP contribution in [0, 0.1) is 6.92 Å². The molecule has 0 aliphatic heterocycles. The first-order valence-electron chi connectivity index (χ1n) is 46.9. The summed E-state index contributed by atoms with van der Waals surface area (Å²) in [6, 6.07) is 138. The molecule has 2 saturated carbocycles. The van der Waals surface area contributed by atoms with Crippen molar-refractivity contribution in [2.24, 2.45) is 0 Å². The SMILES string of the molecule is COc1cccc(C)c1-c1ccccc1P(C1CCCCC1)C1CCCCC1.O=S(=O)(Oc1ccc2c3ccccc3c3ccccc3c2n1)C(F)(F)F.c1ccc(-n2c3ccccc3c3cc(-c4ccc5[nH]c6ccccc6c5c4)ccc32)cc1.c1ccc(-n2c3ccccc3c3cc(-c4ccc5c(c4)c4ccccc4n5-c4ccc5c6ccccc6c6ccccc6c5n4)ccc32)cc1. The number of aromatic amines is 1. The quantitative estimate of drug-likeness (QED) is 0.0565. The molecule has 15 heteroatoms. The van der Waals surface area contributed by atoms with Crippen molar-refractivity contribution in [1.29, 1.82) is 0 Å². The van der Waals surface area contributed by atoms with Crippen LogP contribution in [0.1, 0.15) is 69.8 Å². The zero-order valence-electron chi connectivity index (χ0n) is 75.1. The van der Waals surface area contributed by atoms with Crippen LogP contribution in [0.4, 0.5) is 13.2 Å². The summed E-state index contributed by atoms with van der Waals surface area (Å²) in [6.45, 7) is 2.23. The fourth-order valence-electron chi connectivity index (χ4n) is 21.7. The predicted octanol–water partition coefficient (Wildman–Crippen LogP) is 32.7. The van der Waals surface area contributed by atoms with Gasteiger partial charge in [0, 0.05) is 98.7 Å². The monoisotopic (exact) mass is 1810 g/mol. The van der Waals surface area contributed by atoms with E-state index in [9.17, 15) is 21.6 Å². The number of rotatable bonds is 12. The largest absolute Gasteiger partial charge is 0.534 e. The van der Waals surface area contributed by atoms with Crippen LogP contribution in [0.2, 0.25) is 0 Å². The lowest BCUT2D eigenvalue weighted by molar-refractivity contribution is -0.0501. The molecule has 0 saturated heterocycles. The second-order valence-electron chi connectivity index (χ2n) is 35.8. The van der Waals surface area contributed by atoms with Gasteiger partial charge in [-0.1, -0.05) is 313 Å². The third-order valence-electron chi connectivity index (χ3n) is 27.9. The number of hydrogen-bond acceptors (Lipinski definition) is 6. The smallest absolute Gasteiger partial charge is 0.496 e. The van der Waals surface area contributed by atoms with Gasteiger partial charge in [-0.15, -0.1) is 0 Å². The standard InChI is InChI=1S/C47H29N3.C30H20N2.C26H35OP.C18H10F3NO3S/c1-2-12-32(13-3-1)49-42-20-10-8-17-36(42)40-28-30(22-25-44(40)49)31-23-26-45-41(29-31)37-18-9-11-21-43(37)50(45)46-27-24-39-35-16-5-4-14-33(35)34-15-6-7-19-38(34)47(39)48-46;1-2-8-22(9-3-1)32-29-13-7-5-11-24(29)26-19-21(15-17-30(26)32)20-14-16-28-25(18-20)23-10-4-6-12-27(23)31-28;1-20-12-11-18-24(27-2)26(20)23-17-9-10-19-25(23)28(21-13-5-3-6-14-21)22-15-7-4-8-16-22;19-18(20,21)26(23,24)25-16-10-9-15-13-7-2-1-5-11(13)12-6-3-4-8-14(12)17(15)22-16/h1-29H;1-19,31H;9-12,17-19,21-22H,3-8,13-16H2,1-2H3;1-10H. The Labute approximate surface area is 786 Å². The molecule has 0 amide bonds. The van der Waals surface area contributed by atoms with E-state index in [2.05, 4.69) is 368 Å². The average Bonchev–Trinajstić information content (AvgIpc) is 0.880. The number of alkyl halides is 3. The van der Waals surface area contributed by atoms with Crippen LogP contribution in [-0.4, -0.2) is 61.0 Å². The van der Waals surface area contributed by atoms with Gasteiger partial charge in [0.05, 0.1) is 51.2 Å². The first-order chi connectivity index (χ1) is 66.7. The molecule has 26 rings (SSSR count). The number of nitrogens with one attached hydrogen (secondary N) is 1. The van der Waals surface area contributed by atoms with Gasteiger partial charge < -0.3 is 23.0 Å². The highest BCUT2D eigenvalue weighted by molar-refractivity contribution is 7.88. The van der Waals surface area contributed by atoms with E-state index in [1.807, 2.05) is 43.5 Å². The van der Waals surface area contributed by atoms with E-state index >= 15 is 0 Å². The molecular weight excluding hydrogens is 1720 g/mol. The van der Waals surface area contributed by atoms with Gasteiger partial charge in [-0.05, 0) is 236 Å². The second kappa shape index (κ2) is 35.6. The summed E-state index contributed by atoms with van der Waals surface area (Å²) in [5.74, 6) is 1.32. The van der Waals surface area contributed by atoms with Crippen molar-refractivity contribution in [2.75, 3.05) is 7.11 Å². The molecule has 6 aromatic heterocycles. The first kappa shape index (κ1) is 85.0. The van der Waals surface area contributed by atoms with Crippen molar-refractivity contribution >= 4 is 175 Å². The number of H-pyrrole nitrogens is 1. The van der Waals surface area contributed by atoms with Gasteiger partial charge in [-0.25, -0.2) is 9.97 Å². The minimum absolute atomic E-state index is 0.122. The summed E-state index contributed by atoms with van der Waals surface area (Å²) < 4.78 is 77.2. The molecule has 24 aromatic rings. The molecule has 0 bridgehead atoms. The van der Waals surface area contributed by atoms with E-state index in [0.29, 0.717) is 16.3 Å². The maximum Gasteiger partial charge on any atom is 0.534 e. The van der Waals surface area contributed by atoms with E-state index in [1.54, 1.807) is 17.4 Å².